The van der Waals surface area contributed by atoms with Gasteiger partial charge in [-0.25, -0.2) is 13.2 Å². The fraction of sp³-hybridized carbons (Fsp3) is 0.529. The highest BCUT2D eigenvalue weighted by Gasteiger charge is 2.15. The molecule has 0 unspecified atom stereocenters. The van der Waals surface area contributed by atoms with E-state index in [1.165, 1.54) is 6.92 Å². The van der Waals surface area contributed by atoms with Crippen molar-refractivity contribution < 1.29 is 22.7 Å². The van der Waals surface area contributed by atoms with E-state index in [1.807, 2.05) is 19.1 Å². The third kappa shape index (κ3) is 7.13. The molecule has 0 saturated carbocycles. The first-order valence-electron chi connectivity index (χ1n) is 8.17. The summed E-state index contributed by atoms with van der Waals surface area (Å²) in [6, 6.07) is 5.67. The van der Waals surface area contributed by atoms with Gasteiger partial charge in [0.1, 0.15) is 18.1 Å². The number of ether oxygens (including phenoxy) is 1. The van der Waals surface area contributed by atoms with Gasteiger partial charge in [-0.05, 0) is 51.5 Å². The molecular weight excluding hydrogens is 344 g/mol. The smallest absolute Gasteiger partial charge is 0.411 e. The number of sulfone groups is 1. The van der Waals surface area contributed by atoms with Gasteiger partial charge in [0, 0.05) is 24.5 Å². The summed E-state index contributed by atoms with van der Waals surface area (Å²) in [5.74, 6) is -1.35. The van der Waals surface area contributed by atoms with Crippen LogP contribution in [0.15, 0.2) is 18.2 Å². The average Bonchev–Trinajstić information content (AvgIpc) is 2.49. The van der Waals surface area contributed by atoms with Crippen LogP contribution >= 0.6 is 0 Å². The summed E-state index contributed by atoms with van der Waals surface area (Å²) in [6.07, 6.45) is -0.725. The highest BCUT2D eigenvalue weighted by Crippen LogP contribution is 2.22. The van der Waals surface area contributed by atoms with Gasteiger partial charge >= 0.3 is 6.09 Å². The summed E-state index contributed by atoms with van der Waals surface area (Å²) in [5, 5.41) is 2.60. The van der Waals surface area contributed by atoms with Crippen molar-refractivity contribution in [2.24, 2.45) is 0 Å². The average molecular weight is 370 g/mol. The Balaban J connectivity index is 2.59. The molecule has 0 aromatic heterocycles. The van der Waals surface area contributed by atoms with Gasteiger partial charge in [-0.2, -0.15) is 0 Å². The highest BCUT2D eigenvalue weighted by atomic mass is 32.2. The lowest BCUT2D eigenvalue weighted by molar-refractivity contribution is -0.114. The number of nitrogens with zero attached hydrogens (tertiary/aromatic N) is 1. The standard InChI is InChI=1S/C17H26N2O5S/c1-5-19(6-2)15-7-8-16(13(3)11-15)18-17(21)24-9-10-25(22,23)12-14(4)20/h7-8,11H,5-6,9-10,12H2,1-4H3,(H,18,21). The molecule has 0 atom stereocenters. The number of aryl methyl sites for hydroxylation is 1. The quantitative estimate of drug-likeness (QED) is 0.717. The van der Waals surface area contributed by atoms with E-state index in [0.29, 0.717) is 5.69 Å². The van der Waals surface area contributed by atoms with Crippen molar-refractivity contribution in [3.63, 3.8) is 0 Å². The maximum atomic E-state index is 11.8. The zero-order valence-electron chi connectivity index (χ0n) is 15.2. The maximum absolute atomic E-state index is 11.8. The number of hydrogen-bond acceptors (Lipinski definition) is 6. The van der Waals surface area contributed by atoms with Crippen molar-refractivity contribution in [2.45, 2.75) is 27.7 Å². The fourth-order valence-corrected chi connectivity index (χ4v) is 3.46. The van der Waals surface area contributed by atoms with Crippen LogP contribution in [0.3, 0.4) is 0 Å². The SMILES string of the molecule is CCN(CC)c1ccc(NC(=O)OCCS(=O)(=O)CC(C)=O)c(C)c1. The van der Waals surface area contributed by atoms with E-state index in [1.54, 1.807) is 6.07 Å². The zero-order valence-corrected chi connectivity index (χ0v) is 16.0. The molecule has 0 aliphatic carbocycles. The number of Topliss-reactive ketones (excluding diaryl/α,β-unsaturated/α-hetero) is 1. The van der Waals surface area contributed by atoms with Gasteiger partial charge in [0.25, 0.3) is 0 Å². The second kappa shape index (κ2) is 9.41. The van der Waals surface area contributed by atoms with E-state index < -0.39 is 27.5 Å². The number of rotatable bonds is 9. The van der Waals surface area contributed by atoms with Gasteiger partial charge in [0.15, 0.2) is 9.84 Å². The van der Waals surface area contributed by atoms with E-state index in [-0.39, 0.29) is 12.4 Å². The molecule has 140 valence electrons. The summed E-state index contributed by atoms with van der Waals surface area (Å²) >= 11 is 0. The number of anilines is 2. The van der Waals surface area contributed by atoms with Crippen LogP contribution < -0.4 is 10.2 Å². The van der Waals surface area contributed by atoms with Crippen molar-refractivity contribution in [3.8, 4) is 0 Å². The summed E-state index contributed by atoms with van der Waals surface area (Å²) in [7, 11) is -3.54. The largest absolute Gasteiger partial charge is 0.448 e. The lowest BCUT2D eigenvalue weighted by atomic mass is 10.1. The Labute approximate surface area is 149 Å². The molecule has 0 radical (unpaired) electrons. The van der Waals surface area contributed by atoms with E-state index in [0.717, 1.165) is 24.3 Å². The Morgan fingerprint density at radius 2 is 1.84 bits per heavy atom. The Kier molecular flexibility index (Phi) is 7.89. The van der Waals surface area contributed by atoms with E-state index in [4.69, 9.17) is 4.74 Å². The molecule has 7 nitrogen and oxygen atoms in total. The van der Waals surface area contributed by atoms with Crippen LogP contribution in [0.5, 0.6) is 0 Å². The Morgan fingerprint density at radius 3 is 2.36 bits per heavy atom. The number of ketones is 1. The van der Waals surface area contributed by atoms with Crippen LogP contribution in [0.1, 0.15) is 26.3 Å². The summed E-state index contributed by atoms with van der Waals surface area (Å²) in [4.78, 5) is 24.8. The molecule has 1 amide bonds. The van der Waals surface area contributed by atoms with Crippen molar-refractivity contribution in [3.05, 3.63) is 23.8 Å². The number of amides is 1. The van der Waals surface area contributed by atoms with Crippen molar-refractivity contribution in [1.29, 1.82) is 0 Å². The van der Waals surface area contributed by atoms with Crippen LogP contribution in [-0.2, 0) is 19.4 Å². The molecule has 1 aromatic carbocycles. The minimum Gasteiger partial charge on any atom is -0.448 e. The molecule has 1 N–H and O–H groups in total. The van der Waals surface area contributed by atoms with Crippen LogP contribution in [0.4, 0.5) is 16.2 Å². The molecule has 0 heterocycles. The molecule has 25 heavy (non-hydrogen) atoms. The molecule has 1 aromatic rings. The number of carbonyl (C=O) groups excluding carboxylic acids is 2. The van der Waals surface area contributed by atoms with Gasteiger partial charge in [-0.15, -0.1) is 0 Å². The third-order valence-corrected chi connectivity index (χ3v) is 5.26. The lowest BCUT2D eigenvalue weighted by Crippen LogP contribution is -2.23. The Bertz CT molecular complexity index is 712. The van der Waals surface area contributed by atoms with Crippen LogP contribution in [0, 0.1) is 6.92 Å². The molecule has 8 heteroatoms. The third-order valence-electron chi connectivity index (χ3n) is 3.63. The maximum Gasteiger partial charge on any atom is 0.411 e. The molecule has 1 rings (SSSR count). The minimum atomic E-state index is -3.54. The Hall–Kier alpha value is -2.09. The normalized spacial score (nSPS) is 11.0. The predicted molar refractivity (Wildman–Crippen MR) is 99.0 cm³/mol. The first-order valence-corrected chi connectivity index (χ1v) is 9.99. The Morgan fingerprint density at radius 1 is 1.20 bits per heavy atom. The van der Waals surface area contributed by atoms with E-state index >= 15 is 0 Å². The van der Waals surface area contributed by atoms with Crippen LogP contribution in [0.25, 0.3) is 0 Å². The topological polar surface area (TPSA) is 92.8 Å². The van der Waals surface area contributed by atoms with Gasteiger partial charge < -0.3 is 9.64 Å². The molecule has 0 fully saturated rings. The second-order valence-electron chi connectivity index (χ2n) is 5.73. The molecule has 0 bridgehead atoms. The number of nitrogens with one attached hydrogen (secondary N) is 1. The van der Waals surface area contributed by atoms with Crippen molar-refractivity contribution in [2.75, 3.05) is 41.4 Å². The number of hydrogen-bond donors (Lipinski definition) is 1. The first-order chi connectivity index (χ1) is 11.7. The van der Waals surface area contributed by atoms with Gasteiger partial charge in [0.2, 0.25) is 0 Å². The summed E-state index contributed by atoms with van der Waals surface area (Å²) in [6.45, 7) is 8.71. The first kappa shape index (κ1) is 21.0. The summed E-state index contributed by atoms with van der Waals surface area (Å²) in [5.41, 5.74) is 2.55. The number of benzene rings is 1. The molecule has 0 aliphatic rings. The second-order valence-corrected chi connectivity index (χ2v) is 7.91. The van der Waals surface area contributed by atoms with Gasteiger partial charge in [0.05, 0.1) is 5.75 Å². The molecular formula is C17H26N2O5S. The lowest BCUT2D eigenvalue weighted by Gasteiger charge is -2.22. The van der Waals surface area contributed by atoms with E-state index in [9.17, 15) is 18.0 Å². The molecule has 0 aliphatic heterocycles. The summed E-state index contributed by atoms with van der Waals surface area (Å²) < 4.78 is 28.0. The number of carbonyl (C=O) groups is 2. The fourth-order valence-electron chi connectivity index (χ4n) is 2.36. The van der Waals surface area contributed by atoms with Gasteiger partial charge in [-0.3, -0.25) is 10.1 Å². The minimum absolute atomic E-state index is 0.294. The van der Waals surface area contributed by atoms with E-state index in [2.05, 4.69) is 24.1 Å². The monoisotopic (exact) mass is 370 g/mol. The van der Waals surface area contributed by atoms with Crippen LogP contribution in [-0.4, -0.2) is 51.5 Å². The molecule has 0 saturated heterocycles. The van der Waals surface area contributed by atoms with Crippen LogP contribution in [0.2, 0.25) is 0 Å². The van der Waals surface area contributed by atoms with Crippen molar-refractivity contribution in [1.82, 2.24) is 0 Å². The highest BCUT2D eigenvalue weighted by molar-refractivity contribution is 7.92. The molecule has 0 spiro atoms. The van der Waals surface area contributed by atoms with Gasteiger partial charge in [-0.1, -0.05) is 0 Å². The zero-order chi connectivity index (χ0) is 19.0. The van der Waals surface area contributed by atoms with Crippen molar-refractivity contribution >= 4 is 33.1 Å². The predicted octanol–water partition coefficient (Wildman–Crippen LogP) is 2.39.